The molecule has 0 spiro atoms. The molecule has 0 aliphatic heterocycles. The molecule has 0 bridgehead atoms. The number of rotatable bonds is 9. The summed E-state index contributed by atoms with van der Waals surface area (Å²) < 4.78 is 11.0. The van der Waals surface area contributed by atoms with Crippen molar-refractivity contribution < 1.29 is 14.6 Å². The monoisotopic (exact) mass is 245 g/mol. The van der Waals surface area contributed by atoms with Crippen molar-refractivity contribution in [3.63, 3.8) is 0 Å². The molecular weight excluding hydrogens is 218 g/mol. The third kappa shape index (κ3) is 4.54. The van der Waals surface area contributed by atoms with Crippen LogP contribution in [0.3, 0.4) is 0 Å². The van der Waals surface area contributed by atoms with Crippen LogP contribution >= 0.6 is 0 Å². The van der Waals surface area contributed by atoms with Gasteiger partial charge in [-0.3, -0.25) is 0 Å². The van der Waals surface area contributed by atoms with Crippen LogP contribution in [-0.2, 0) is 9.47 Å². The van der Waals surface area contributed by atoms with Crippen LogP contribution in [0.4, 0.5) is 0 Å². The first-order valence-electron chi connectivity index (χ1n) is 6.71. The quantitative estimate of drug-likeness (QED) is 0.599. The summed E-state index contributed by atoms with van der Waals surface area (Å²) >= 11 is 0. The van der Waals surface area contributed by atoms with Crippen LogP contribution in [0, 0.1) is 5.92 Å². The van der Waals surface area contributed by atoms with Crippen molar-refractivity contribution in [1.29, 1.82) is 0 Å². The molecule has 0 aromatic heterocycles. The molecule has 1 aliphatic carbocycles. The molecule has 4 nitrogen and oxygen atoms in total. The molecule has 0 amide bonds. The first kappa shape index (κ1) is 14.9. The van der Waals surface area contributed by atoms with Crippen molar-refractivity contribution in [3.05, 3.63) is 0 Å². The van der Waals surface area contributed by atoms with Gasteiger partial charge in [0, 0.05) is 26.4 Å². The average molecular weight is 245 g/mol. The summed E-state index contributed by atoms with van der Waals surface area (Å²) in [7, 11) is 1.75. The predicted molar refractivity (Wildman–Crippen MR) is 68.1 cm³/mol. The standard InChI is InChI=1S/C13H27NO3/c1-4-17-12-8-11(13(12)16-3)14-7-5-6-10(2)9-15/h10-15H,4-9H2,1-3H3. The lowest BCUT2D eigenvalue weighted by molar-refractivity contribution is -0.131. The summed E-state index contributed by atoms with van der Waals surface area (Å²) in [5.74, 6) is 0.410. The average Bonchev–Trinajstić information content (AvgIpc) is 2.31. The van der Waals surface area contributed by atoms with E-state index in [2.05, 4.69) is 12.2 Å². The summed E-state index contributed by atoms with van der Waals surface area (Å²) in [6, 6.07) is 0.431. The van der Waals surface area contributed by atoms with Gasteiger partial charge in [0.1, 0.15) is 0 Å². The van der Waals surface area contributed by atoms with Crippen molar-refractivity contribution in [2.45, 2.75) is 51.4 Å². The smallest absolute Gasteiger partial charge is 0.0986 e. The maximum Gasteiger partial charge on any atom is 0.0986 e. The number of methoxy groups -OCH3 is 1. The SMILES string of the molecule is CCOC1CC(NCCCC(C)CO)C1OC. The number of hydrogen-bond acceptors (Lipinski definition) is 4. The van der Waals surface area contributed by atoms with Crippen LogP contribution in [0.15, 0.2) is 0 Å². The zero-order valence-electron chi connectivity index (χ0n) is 11.3. The summed E-state index contributed by atoms with van der Waals surface area (Å²) in [6.07, 6.45) is 3.68. The molecule has 4 atom stereocenters. The van der Waals surface area contributed by atoms with Crippen LogP contribution in [0.25, 0.3) is 0 Å². The Balaban J connectivity index is 2.08. The van der Waals surface area contributed by atoms with E-state index in [0.29, 0.717) is 12.0 Å². The minimum absolute atomic E-state index is 0.199. The molecule has 0 saturated heterocycles. The topological polar surface area (TPSA) is 50.7 Å². The first-order valence-corrected chi connectivity index (χ1v) is 6.71. The highest BCUT2D eigenvalue weighted by molar-refractivity contribution is 4.96. The number of ether oxygens (including phenoxy) is 2. The molecule has 1 rings (SSSR count). The zero-order chi connectivity index (χ0) is 12.7. The van der Waals surface area contributed by atoms with Crippen LogP contribution < -0.4 is 5.32 Å². The van der Waals surface area contributed by atoms with Gasteiger partial charge >= 0.3 is 0 Å². The second-order valence-corrected chi connectivity index (χ2v) is 4.92. The van der Waals surface area contributed by atoms with Crippen LogP contribution in [0.1, 0.15) is 33.1 Å². The molecule has 102 valence electrons. The van der Waals surface area contributed by atoms with E-state index in [1.807, 2.05) is 6.92 Å². The van der Waals surface area contributed by atoms with Gasteiger partial charge in [0.15, 0.2) is 0 Å². The summed E-state index contributed by atoms with van der Waals surface area (Å²) in [5.41, 5.74) is 0. The lowest BCUT2D eigenvalue weighted by Gasteiger charge is -2.43. The molecule has 4 unspecified atom stereocenters. The van der Waals surface area contributed by atoms with Crippen LogP contribution in [0.2, 0.25) is 0 Å². The Morgan fingerprint density at radius 2 is 2.24 bits per heavy atom. The van der Waals surface area contributed by atoms with Crippen molar-refractivity contribution in [3.8, 4) is 0 Å². The fourth-order valence-electron chi connectivity index (χ4n) is 2.30. The predicted octanol–water partition coefficient (Wildman–Crippen LogP) is 1.18. The second-order valence-electron chi connectivity index (χ2n) is 4.92. The Morgan fingerprint density at radius 3 is 2.82 bits per heavy atom. The van der Waals surface area contributed by atoms with Gasteiger partial charge in [-0.15, -0.1) is 0 Å². The van der Waals surface area contributed by atoms with Crippen molar-refractivity contribution in [2.24, 2.45) is 5.92 Å². The lowest BCUT2D eigenvalue weighted by atomic mass is 9.85. The first-order chi connectivity index (χ1) is 8.22. The number of nitrogens with one attached hydrogen (secondary N) is 1. The highest BCUT2D eigenvalue weighted by Gasteiger charge is 2.41. The van der Waals surface area contributed by atoms with Crippen molar-refractivity contribution in [2.75, 3.05) is 26.9 Å². The maximum absolute atomic E-state index is 8.92. The van der Waals surface area contributed by atoms with Crippen molar-refractivity contribution in [1.82, 2.24) is 5.32 Å². The fourth-order valence-corrected chi connectivity index (χ4v) is 2.30. The Bertz CT molecular complexity index is 201. The summed E-state index contributed by atoms with van der Waals surface area (Å²) in [4.78, 5) is 0. The molecule has 0 aromatic rings. The molecule has 0 radical (unpaired) electrons. The molecule has 1 aliphatic rings. The largest absolute Gasteiger partial charge is 0.396 e. The highest BCUT2D eigenvalue weighted by atomic mass is 16.5. The van der Waals surface area contributed by atoms with E-state index >= 15 is 0 Å². The Morgan fingerprint density at radius 1 is 1.47 bits per heavy atom. The van der Waals surface area contributed by atoms with E-state index in [1.165, 1.54) is 0 Å². The van der Waals surface area contributed by atoms with E-state index < -0.39 is 0 Å². The Hall–Kier alpha value is -0.160. The van der Waals surface area contributed by atoms with E-state index in [9.17, 15) is 0 Å². The van der Waals surface area contributed by atoms with Gasteiger partial charge in [0.05, 0.1) is 12.2 Å². The molecule has 1 fully saturated rings. The molecule has 0 heterocycles. The molecule has 0 aromatic carbocycles. The third-order valence-corrected chi connectivity index (χ3v) is 3.49. The van der Waals surface area contributed by atoms with Crippen LogP contribution in [-0.4, -0.2) is 50.2 Å². The van der Waals surface area contributed by atoms with Crippen LogP contribution in [0.5, 0.6) is 0 Å². The zero-order valence-corrected chi connectivity index (χ0v) is 11.3. The van der Waals surface area contributed by atoms with E-state index in [4.69, 9.17) is 14.6 Å². The minimum Gasteiger partial charge on any atom is -0.396 e. The normalized spacial score (nSPS) is 30.0. The molecule has 17 heavy (non-hydrogen) atoms. The third-order valence-electron chi connectivity index (χ3n) is 3.49. The number of aliphatic hydroxyl groups excluding tert-OH is 1. The minimum atomic E-state index is 0.199. The van der Waals surface area contributed by atoms with E-state index in [1.54, 1.807) is 7.11 Å². The molecular formula is C13H27NO3. The highest BCUT2D eigenvalue weighted by Crippen LogP contribution is 2.26. The number of hydrogen-bond donors (Lipinski definition) is 2. The van der Waals surface area contributed by atoms with Gasteiger partial charge in [0.25, 0.3) is 0 Å². The van der Waals surface area contributed by atoms with Gasteiger partial charge in [-0.05, 0) is 38.6 Å². The van der Waals surface area contributed by atoms with Gasteiger partial charge in [-0.1, -0.05) is 6.92 Å². The van der Waals surface area contributed by atoms with E-state index in [0.717, 1.165) is 32.4 Å². The van der Waals surface area contributed by atoms with Gasteiger partial charge in [0.2, 0.25) is 0 Å². The molecule has 1 saturated carbocycles. The summed E-state index contributed by atoms with van der Waals surface area (Å²) in [6.45, 7) is 6.13. The lowest BCUT2D eigenvalue weighted by Crippen LogP contribution is -2.59. The Kier molecular flexibility index (Phi) is 7.04. The summed E-state index contributed by atoms with van der Waals surface area (Å²) in [5, 5.41) is 12.4. The van der Waals surface area contributed by atoms with Gasteiger partial charge in [-0.2, -0.15) is 0 Å². The van der Waals surface area contributed by atoms with Gasteiger partial charge in [-0.25, -0.2) is 0 Å². The van der Waals surface area contributed by atoms with Crippen molar-refractivity contribution >= 4 is 0 Å². The van der Waals surface area contributed by atoms with E-state index in [-0.39, 0.29) is 18.8 Å². The molecule has 4 heteroatoms. The second kappa shape index (κ2) is 8.03. The molecule has 2 N–H and O–H groups in total. The number of aliphatic hydroxyl groups is 1. The fraction of sp³-hybridized carbons (Fsp3) is 1.00. The maximum atomic E-state index is 8.92. The Labute approximate surface area is 105 Å². The van der Waals surface area contributed by atoms with Gasteiger partial charge < -0.3 is 19.9 Å².